The molecule has 2 unspecified atom stereocenters. The first-order valence-corrected chi connectivity index (χ1v) is 8.11. The van der Waals surface area contributed by atoms with Crippen LogP contribution in [0.25, 0.3) is 0 Å². The predicted octanol–water partition coefficient (Wildman–Crippen LogP) is 2.71. The number of carbonyl (C=O) groups is 1. The summed E-state index contributed by atoms with van der Waals surface area (Å²) in [5, 5.41) is 5.97. The number of hydrogen-bond donors (Lipinski definition) is 2. The van der Waals surface area contributed by atoms with Crippen molar-refractivity contribution in [3.8, 4) is 5.75 Å². The Bertz CT molecular complexity index is 670. The van der Waals surface area contributed by atoms with Crippen LogP contribution >= 0.6 is 0 Å². The maximum atomic E-state index is 12.3. The lowest BCUT2D eigenvalue weighted by Gasteiger charge is -2.27. The van der Waals surface area contributed by atoms with Gasteiger partial charge in [0.15, 0.2) is 0 Å². The molecule has 0 aliphatic carbocycles. The molecule has 0 saturated carbocycles. The number of nitrogens with zero attached hydrogens (tertiary/aromatic N) is 1. The zero-order chi connectivity index (χ0) is 16.9. The molecule has 1 aromatic carbocycles. The number of carbonyl (C=O) groups excluding carboxylic acids is 1. The number of rotatable bonds is 5. The number of ether oxygens (including phenoxy) is 1. The van der Waals surface area contributed by atoms with Gasteiger partial charge in [0.05, 0.1) is 25.0 Å². The lowest BCUT2D eigenvalue weighted by atomic mass is 10.0. The van der Waals surface area contributed by atoms with E-state index in [0.29, 0.717) is 13.2 Å². The molecular weight excluding hydrogens is 306 g/mol. The van der Waals surface area contributed by atoms with Crippen LogP contribution in [-0.4, -0.2) is 38.2 Å². The highest BCUT2D eigenvalue weighted by molar-refractivity contribution is 5.74. The number of para-hydroxylation sites is 1. The van der Waals surface area contributed by atoms with Gasteiger partial charge in [-0.15, -0.1) is 0 Å². The maximum Gasteiger partial charge on any atom is 0.315 e. The van der Waals surface area contributed by atoms with Crippen molar-refractivity contribution in [2.24, 2.45) is 0 Å². The lowest BCUT2D eigenvalue weighted by Crippen LogP contribution is -2.42. The molecule has 0 radical (unpaired) electrons. The van der Waals surface area contributed by atoms with Gasteiger partial charge in [-0.2, -0.15) is 0 Å². The van der Waals surface area contributed by atoms with Crippen LogP contribution in [0.5, 0.6) is 5.75 Å². The molecule has 24 heavy (non-hydrogen) atoms. The Morgan fingerprint density at radius 2 is 2.12 bits per heavy atom. The summed E-state index contributed by atoms with van der Waals surface area (Å²) in [5.41, 5.74) is 1.02. The van der Waals surface area contributed by atoms with E-state index >= 15 is 0 Å². The highest BCUT2D eigenvalue weighted by Gasteiger charge is 2.23. The van der Waals surface area contributed by atoms with Crippen LogP contribution in [0.1, 0.15) is 29.8 Å². The first kappa shape index (κ1) is 16.4. The summed E-state index contributed by atoms with van der Waals surface area (Å²) < 4.78 is 11.1. The summed E-state index contributed by atoms with van der Waals surface area (Å²) >= 11 is 0. The molecule has 0 saturated heterocycles. The van der Waals surface area contributed by atoms with Crippen LogP contribution in [0.3, 0.4) is 0 Å². The lowest BCUT2D eigenvalue weighted by molar-refractivity contribution is 0.214. The molecular formula is C18H23N3O3. The predicted molar refractivity (Wildman–Crippen MR) is 91.0 cm³/mol. The van der Waals surface area contributed by atoms with E-state index in [1.165, 1.54) is 0 Å². The zero-order valence-corrected chi connectivity index (χ0v) is 14.0. The standard InChI is InChI=1S/C18H23N3O3/c1-21(2)15(17-8-5-10-23-17)12-19-18(22)20-14-9-11-24-16-7-4-3-6-13(14)16/h3-8,10,14-15H,9,11-12H2,1-2H3,(H2,19,20,22). The minimum absolute atomic E-state index is 0.00674. The second-order valence-electron chi connectivity index (χ2n) is 6.08. The average molecular weight is 329 g/mol. The van der Waals surface area contributed by atoms with Crippen LogP contribution < -0.4 is 15.4 Å². The first-order chi connectivity index (χ1) is 11.6. The van der Waals surface area contributed by atoms with Gasteiger partial charge in [-0.25, -0.2) is 4.79 Å². The Hall–Kier alpha value is -2.47. The molecule has 2 atom stereocenters. The molecule has 2 N–H and O–H groups in total. The van der Waals surface area contributed by atoms with E-state index in [1.807, 2.05) is 55.4 Å². The molecule has 1 aliphatic rings. The number of furan rings is 1. The Balaban J connectivity index is 1.58. The Kier molecular flexibility index (Phi) is 5.05. The normalized spacial score (nSPS) is 17.7. The van der Waals surface area contributed by atoms with Gasteiger partial charge in [0.2, 0.25) is 0 Å². The van der Waals surface area contributed by atoms with Gasteiger partial charge >= 0.3 is 6.03 Å². The number of likely N-dealkylation sites (N-methyl/N-ethyl adjacent to an activating group) is 1. The van der Waals surface area contributed by atoms with E-state index < -0.39 is 0 Å². The summed E-state index contributed by atoms with van der Waals surface area (Å²) in [6.45, 7) is 1.08. The summed E-state index contributed by atoms with van der Waals surface area (Å²) in [6, 6.07) is 11.4. The van der Waals surface area contributed by atoms with Gasteiger partial charge in [0, 0.05) is 18.5 Å². The quantitative estimate of drug-likeness (QED) is 0.885. The fourth-order valence-corrected chi connectivity index (χ4v) is 2.91. The minimum atomic E-state index is -0.185. The second-order valence-corrected chi connectivity index (χ2v) is 6.08. The van der Waals surface area contributed by atoms with Crippen molar-refractivity contribution in [3.63, 3.8) is 0 Å². The van der Waals surface area contributed by atoms with Crippen LogP contribution in [0.15, 0.2) is 47.1 Å². The molecule has 1 aromatic heterocycles. The monoisotopic (exact) mass is 329 g/mol. The van der Waals surface area contributed by atoms with Crippen molar-refractivity contribution < 1.29 is 13.9 Å². The molecule has 2 aromatic rings. The smallest absolute Gasteiger partial charge is 0.315 e. The topological polar surface area (TPSA) is 66.7 Å². The highest BCUT2D eigenvalue weighted by atomic mass is 16.5. The molecule has 1 aliphatic heterocycles. The Morgan fingerprint density at radius 3 is 2.88 bits per heavy atom. The summed E-state index contributed by atoms with van der Waals surface area (Å²) in [4.78, 5) is 14.3. The van der Waals surface area contributed by atoms with Crippen LogP contribution in [0.4, 0.5) is 4.79 Å². The third-order valence-corrected chi connectivity index (χ3v) is 4.21. The van der Waals surface area contributed by atoms with Crippen molar-refractivity contribution in [2.45, 2.75) is 18.5 Å². The highest BCUT2D eigenvalue weighted by Crippen LogP contribution is 2.31. The molecule has 0 bridgehead atoms. The maximum absolute atomic E-state index is 12.3. The van der Waals surface area contributed by atoms with Crippen molar-refractivity contribution >= 4 is 6.03 Å². The van der Waals surface area contributed by atoms with Crippen LogP contribution in [0, 0.1) is 0 Å². The van der Waals surface area contributed by atoms with E-state index in [-0.39, 0.29) is 18.1 Å². The van der Waals surface area contributed by atoms with Crippen molar-refractivity contribution in [3.05, 3.63) is 54.0 Å². The van der Waals surface area contributed by atoms with Gasteiger partial charge in [0.1, 0.15) is 11.5 Å². The number of nitrogens with one attached hydrogen (secondary N) is 2. The molecule has 6 heteroatoms. The van der Waals surface area contributed by atoms with Crippen molar-refractivity contribution in [1.82, 2.24) is 15.5 Å². The average Bonchev–Trinajstić information content (AvgIpc) is 3.09. The van der Waals surface area contributed by atoms with Gasteiger partial charge < -0.3 is 19.8 Å². The van der Waals surface area contributed by atoms with Crippen molar-refractivity contribution in [2.75, 3.05) is 27.2 Å². The molecule has 0 fully saturated rings. The third kappa shape index (κ3) is 3.71. The van der Waals surface area contributed by atoms with Crippen LogP contribution in [0.2, 0.25) is 0 Å². The fraction of sp³-hybridized carbons (Fsp3) is 0.389. The second kappa shape index (κ2) is 7.40. The summed E-state index contributed by atoms with van der Waals surface area (Å²) in [7, 11) is 3.92. The van der Waals surface area contributed by atoms with E-state index in [9.17, 15) is 4.79 Å². The molecule has 3 rings (SSSR count). The minimum Gasteiger partial charge on any atom is -0.493 e. The number of urea groups is 1. The van der Waals surface area contributed by atoms with Gasteiger partial charge in [-0.05, 0) is 32.3 Å². The first-order valence-electron chi connectivity index (χ1n) is 8.11. The van der Waals surface area contributed by atoms with Crippen molar-refractivity contribution in [1.29, 1.82) is 0 Å². The zero-order valence-electron chi connectivity index (χ0n) is 14.0. The molecule has 2 heterocycles. The number of hydrogen-bond acceptors (Lipinski definition) is 4. The molecule has 0 spiro atoms. The van der Waals surface area contributed by atoms with E-state index in [2.05, 4.69) is 10.6 Å². The van der Waals surface area contributed by atoms with Gasteiger partial charge in [-0.3, -0.25) is 4.90 Å². The number of fused-ring (bicyclic) bond motifs is 1. The summed E-state index contributed by atoms with van der Waals surface area (Å²) in [6.07, 6.45) is 2.41. The summed E-state index contributed by atoms with van der Waals surface area (Å²) in [5.74, 6) is 1.67. The Morgan fingerprint density at radius 1 is 1.29 bits per heavy atom. The van der Waals surface area contributed by atoms with E-state index in [0.717, 1.165) is 23.5 Å². The number of amides is 2. The molecule has 128 valence electrons. The molecule has 2 amide bonds. The third-order valence-electron chi connectivity index (χ3n) is 4.21. The largest absolute Gasteiger partial charge is 0.493 e. The molecule has 6 nitrogen and oxygen atoms in total. The Labute approximate surface area is 141 Å². The van der Waals surface area contributed by atoms with Crippen LogP contribution in [-0.2, 0) is 0 Å². The van der Waals surface area contributed by atoms with Gasteiger partial charge in [0.25, 0.3) is 0 Å². The SMILES string of the molecule is CN(C)C(CNC(=O)NC1CCOc2ccccc21)c1ccco1. The van der Waals surface area contributed by atoms with E-state index in [1.54, 1.807) is 6.26 Å². The van der Waals surface area contributed by atoms with Gasteiger partial charge in [-0.1, -0.05) is 18.2 Å². The number of benzene rings is 1. The van der Waals surface area contributed by atoms with E-state index in [4.69, 9.17) is 9.15 Å². The fourth-order valence-electron chi connectivity index (χ4n) is 2.91.